The van der Waals surface area contributed by atoms with E-state index in [-0.39, 0.29) is 0 Å². The van der Waals surface area contributed by atoms with Gasteiger partial charge in [-0.3, -0.25) is 0 Å². The highest BCUT2D eigenvalue weighted by atomic mass is 15.2. The van der Waals surface area contributed by atoms with Crippen molar-refractivity contribution in [2.24, 2.45) is 0 Å². The first-order valence-electron chi connectivity index (χ1n) is 11.3. The molecule has 0 saturated carbocycles. The van der Waals surface area contributed by atoms with Crippen LogP contribution in [-0.4, -0.2) is 9.55 Å². The predicted molar refractivity (Wildman–Crippen MR) is 138 cm³/mol. The molecule has 0 radical (unpaired) electrons. The Morgan fingerprint density at radius 1 is 0.545 bits per heavy atom. The maximum absolute atomic E-state index is 3.70. The van der Waals surface area contributed by atoms with Crippen LogP contribution in [0.5, 0.6) is 0 Å². The van der Waals surface area contributed by atoms with Gasteiger partial charge in [-0.1, -0.05) is 66.7 Å². The predicted octanol–water partition coefficient (Wildman–Crippen LogP) is 8.20. The van der Waals surface area contributed by atoms with Gasteiger partial charge in [-0.15, -0.1) is 0 Å². The molecule has 1 N–H and O–H groups in total. The van der Waals surface area contributed by atoms with Crippen molar-refractivity contribution in [2.75, 3.05) is 4.90 Å². The highest BCUT2D eigenvalue weighted by Gasteiger charge is 2.31. The summed E-state index contributed by atoms with van der Waals surface area (Å²) in [6.07, 6.45) is 0. The minimum atomic E-state index is 1.17. The molecule has 1 aliphatic rings. The first-order valence-corrected chi connectivity index (χ1v) is 11.3. The number of benzene rings is 5. The number of rotatable bonds is 1. The van der Waals surface area contributed by atoms with E-state index >= 15 is 0 Å². The molecule has 3 heteroatoms. The molecule has 0 fully saturated rings. The fourth-order valence-corrected chi connectivity index (χ4v) is 5.71. The molecule has 0 unspecified atom stereocenters. The lowest BCUT2D eigenvalue weighted by Crippen LogP contribution is -2.18. The van der Waals surface area contributed by atoms with E-state index in [1.807, 2.05) is 0 Å². The second kappa shape index (κ2) is 6.05. The van der Waals surface area contributed by atoms with E-state index in [0.717, 1.165) is 0 Å². The minimum absolute atomic E-state index is 1.17. The standard InChI is InChI=1S/C30H19N3/c1-2-10-19(11-3-1)32-26-16-8-9-17-27(26)33-25-15-7-5-12-20(25)22-18-24-28(30(32)29(22)33)21-13-4-6-14-23(21)31-24/h1-18,31H. The monoisotopic (exact) mass is 421 g/mol. The van der Waals surface area contributed by atoms with Crippen molar-refractivity contribution in [3.05, 3.63) is 109 Å². The average Bonchev–Trinajstić information content (AvgIpc) is 3.41. The van der Waals surface area contributed by atoms with Gasteiger partial charge in [0.2, 0.25) is 0 Å². The summed E-state index contributed by atoms with van der Waals surface area (Å²) in [4.78, 5) is 6.15. The van der Waals surface area contributed by atoms with Crippen LogP contribution in [0.4, 0.5) is 17.1 Å². The third kappa shape index (κ3) is 2.09. The first-order chi connectivity index (χ1) is 16.4. The number of fused-ring (bicyclic) bond motifs is 9. The Morgan fingerprint density at radius 2 is 1.24 bits per heavy atom. The minimum Gasteiger partial charge on any atom is -0.354 e. The van der Waals surface area contributed by atoms with E-state index in [9.17, 15) is 0 Å². The Bertz CT molecular complexity index is 1870. The van der Waals surface area contributed by atoms with Crippen molar-refractivity contribution < 1.29 is 0 Å². The van der Waals surface area contributed by atoms with Crippen LogP contribution >= 0.6 is 0 Å². The third-order valence-corrected chi connectivity index (χ3v) is 7.00. The van der Waals surface area contributed by atoms with Crippen molar-refractivity contribution in [1.82, 2.24) is 9.55 Å². The molecule has 154 valence electrons. The van der Waals surface area contributed by atoms with E-state index in [0.29, 0.717) is 0 Å². The summed E-state index contributed by atoms with van der Waals surface area (Å²) in [5, 5.41) is 5.07. The van der Waals surface area contributed by atoms with Gasteiger partial charge in [0.15, 0.2) is 0 Å². The van der Waals surface area contributed by atoms with Gasteiger partial charge in [0, 0.05) is 38.3 Å². The summed E-state index contributed by atoms with van der Waals surface area (Å²) in [5.74, 6) is 0. The summed E-state index contributed by atoms with van der Waals surface area (Å²) < 4.78 is 2.45. The van der Waals surface area contributed by atoms with Gasteiger partial charge in [-0.25, -0.2) is 0 Å². The Labute approximate surface area is 190 Å². The van der Waals surface area contributed by atoms with Crippen LogP contribution < -0.4 is 4.90 Å². The molecule has 2 aromatic heterocycles. The van der Waals surface area contributed by atoms with Crippen LogP contribution in [0, 0.1) is 0 Å². The lowest BCUT2D eigenvalue weighted by molar-refractivity contribution is 1.12. The second-order valence-corrected chi connectivity index (χ2v) is 8.73. The molecule has 7 aromatic rings. The number of nitrogens with one attached hydrogen (secondary N) is 1. The first kappa shape index (κ1) is 17.1. The fourth-order valence-electron chi connectivity index (χ4n) is 5.71. The number of hydrogen-bond donors (Lipinski definition) is 1. The molecule has 0 spiro atoms. The van der Waals surface area contributed by atoms with Gasteiger partial charge < -0.3 is 14.5 Å². The van der Waals surface area contributed by atoms with Gasteiger partial charge in [-0.05, 0) is 42.5 Å². The summed E-state index contributed by atoms with van der Waals surface area (Å²) in [6, 6.07) is 39.2. The van der Waals surface area contributed by atoms with E-state index in [1.165, 1.54) is 66.4 Å². The van der Waals surface area contributed by atoms with Crippen LogP contribution in [0.25, 0.3) is 49.3 Å². The second-order valence-electron chi connectivity index (χ2n) is 8.73. The van der Waals surface area contributed by atoms with E-state index in [1.54, 1.807) is 0 Å². The topological polar surface area (TPSA) is 24.0 Å². The molecule has 0 atom stereocenters. The average molecular weight is 422 g/mol. The highest BCUT2D eigenvalue weighted by Crippen LogP contribution is 2.53. The zero-order valence-electron chi connectivity index (χ0n) is 17.8. The number of nitrogens with zero attached hydrogens (tertiary/aromatic N) is 2. The van der Waals surface area contributed by atoms with Crippen LogP contribution in [0.15, 0.2) is 109 Å². The molecule has 8 rings (SSSR count). The molecule has 0 amide bonds. The Hall–Kier alpha value is -4.50. The number of para-hydroxylation sites is 5. The Kier molecular flexibility index (Phi) is 3.14. The molecule has 0 bridgehead atoms. The molecule has 3 nitrogen and oxygen atoms in total. The van der Waals surface area contributed by atoms with Gasteiger partial charge in [-0.2, -0.15) is 0 Å². The third-order valence-electron chi connectivity index (χ3n) is 7.00. The number of aromatic nitrogens is 2. The van der Waals surface area contributed by atoms with Crippen molar-refractivity contribution in [1.29, 1.82) is 0 Å². The zero-order valence-corrected chi connectivity index (χ0v) is 17.8. The van der Waals surface area contributed by atoms with Gasteiger partial charge in [0.25, 0.3) is 0 Å². The normalized spacial score (nSPS) is 12.8. The van der Waals surface area contributed by atoms with Crippen LogP contribution in [0.2, 0.25) is 0 Å². The summed E-state index contributed by atoms with van der Waals surface area (Å²) in [6.45, 7) is 0. The summed E-state index contributed by atoms with van der Waals surface area (Å²) in [7, 11) is 0. The molecular formula is C30H19N3. The quantitative estimate of drug-likeness (QED) is 0.284. The largest absolute Gasteiger partial charge is 0.354 e. The number of aromatic amines is 1. The Morgan fingerprint density at radius 3 is 2.12 bits per heavy atom. The molecule has 0 saturated heterocycles. The molecule has 5 aromatic carbocycles. The van der Waals surface area contributed by atoms with Crippen molar-refractivity contribution in [3.8, 4) is 5.69 Å². The van der Waals surface area contributed by atoms with Crippen LogP contribution in [-0.2, 0) is 0 Å². The molecule has 0 aliphatic carbocycles. The maximum atomic E-state index is 3.70. The van der Waals surface area contributed by atoms with E-state index in [2.05, 4.69) is 124 Å². The number of H-pyrrole nitrogens is 1. The van der Waals surface area contributed by atoms with Crippen molar-refractivity contribution in [3.63, 3.8) is 0 Å². The lowest BCUT2D eigenvalue weighted by Gasteiger charge is -2.33. The van der Waals surface area contributed by atoms with Gasteiger partial charge in [0.1, 0.15) is 0 Å². The van der Waals surface area contributed by atoms with Crippen LogP contribution in [0.1, 0.15) is 0 Å². The zero-order chi connectivity index (χ0) is 21.5. The molecule has 1 aliphatic heterocycles. The highest BCUT2D eigenvalue weighted by molar-refractivity contribution is 6.28. The van der Waals surface area contributed by atoms with Crippen LogP contribution in [0.3, 0.4) is 0 Å². The van der Waals surface area contributed by atoms with Gasteiger partial charge in [0.05, 0.1) is 28.1 Å². The van der Waals surface area contributed by atoms with Crippen molar-refractivity contribution in [2.45, 2.75) is 0 Å². The fraction of sp³-hybridized carbons (Fsp3) is 0. The molecule has 33 heavy (non-hydrogen) atoms. The summed E-state index contributed by atoms with van der Waals surface area (Å²) >= 11 is 0. The summed E-state index contributed by atoms with van der Waals surface area (Å²) in [5.41, 5.74) is 9.64. The van der Waals surface area contributed by atoms with Gasteiger partial charge >= 0.3 is 0 Å². The lowest BCUT2D eigenvalue weighted by atomic mass is 10.0. The van der Waals surface area contributed by atoms with Crippen molar-refractivity contribution >= 4 is 60.7 Å². The van der Waals surface area contributed by atoms with E-state index < -0.39 is 0 Å². The number of anilines is 3. The Balaban J connectivity index is 1.71. The smallest absolute Gasteiger partial charge is 0.0810 e. The maximum Gasteiger partial charge on any atom is 0.0810 e. The van der Waals surface area contributed by atoms with E-state index in [4.69, 9.17) is 0 Å². The molecular weight excluding hydrogens is 402 g/mol. The SMILES string of the molecule is c1ccc(N2c3ccccc3-n3c4ccccc4c4cc5[nH]c6ccccc6c5c2c43)cc1. The molecule has 3 heterocycles. The number of hydrogen-bond acceptors (Lipinski definition) is 1.